The minimum atomic E-state index is -0.310. The van der Waals surface area contributed by atoms with Crippen LogP contribution in [0.25, 0.3) is 0 Å². The fraction of sp³-hybridized carbons (Fsp3) is 0.520. The van der Waals surface area contributed by atoms with Crippen molar-refractivity contribution in [1.82, 2.24) is 15.2 Å². The lowest BCUT2D eigenvalue weighted by Crippen LogP contribution is -2.42. The van der Waals surface area contributed by atoms with E-state index in [0.29, 0.717) is 28.2 Å². The molecule has 0 aliphatic heterocycles. The van der Waals surface area contributed by atoms with Crippen molar-refractivity contribution >= 4 is 34.8 Å². The summed E-state index contributed by atoms with van der Waals surface area (Å²) in [5.41, 5.74) is 2.33. The number of benzene rings is 1. The number of hydrogen-bond acceptors (Lipinski definition) is 5. The molecule has 1 fully saturated rings. The average molecular weight is 509 g/mol. The molecule has 0 saturated heterocycles. The van der Waals surface area contributed by atoms with Crippen molar-refractivity contribution < 1.29 is 9.53 Å². The number of nitrogens with one attached hydrogen (secondary N) is 2. The Balaban J connectivity index is 1.82. The molecule has 1 aliphatic rings. The zero-order valence-electron chi connectivity index (χ0n) is 20.5. The highest BCUT2D eigenvalue weighted by Gasteiger charge is 2.28. The maximum absolute atomic E-state index is 13.2. The smallest absolute Gasteiger partial charge is 0.251 e. The molecular formula is C25H34Cl2N4O3. The van der Waals surface area contributed by atoms with E-state index in [1.165, 1.54) is 13.2 Å². The standard InChI is InChI=1S/C25H34Cl2N4O3/c1-6-31(18-9-7-17(8-10-18)30(3)4)21-12-16(26)11-19(15(21)2)24(33)28-14-20-22(32)13-23(27)29-25(20)34-5/h11-13,17-18H,6-10,14H2,1-5H3,(H,28,33)(H,29,32). The molecular weight excluding hydrogens is 475 g/mol. The third-order valence-electron chi connectivity index (χ3n) is 6.77. The molecule has 1 aromatic heterocycles. The Morgan fingerprint density at radius 2 is 1.79 bits per heavy atom. The molecule has 0 spiro atoms. The number of carbonyl (C=O) groups is 1. The summed E-state index contributed by atoms with van der Waals surface area (Å²) in [5.74, 6) is -0.0724. The zero-order valence-corrected chi connectivity index (χ0v) is 22.0. The Morgan fingerprint density at radius 3 is 2.38 bits per heavy atom. The second-order valence-electron chi connectivity index (χ2n) is 8.99. The lowest BCUT2D eigenvalue weighted by Gasteiger charge is -2.40. The Bertz CT molecular complexity index is 1080. The van der Waals surface area contributed by atoms with E-state index in [1.807, 2.05) is 13.0 Å². The molecule has 9 heteroatoms. The Labute approximate surface area is 211 Å². The van der Waals surface area contributed by atoms with Crippen LogP contribution in [0.5, 0.6) is 5.88 Å². The van der Waals surface area contributed by atoms with Gasteiger partial charge in [0.1, 0.15) is 5.15 Å². The molecule has 1 saturated carbocycles. The van der Waals surface area contributed by atoms with Gasteiger partial charge in [0.05, 0.1) is 19.2 Å². The molecule has 7 nitrogen and oxygen atoms in total. The van der Waals surface area contributed by atoms with Gasteiger partial charge in [-0.25, -0.2) is 0 Å². The Kier molecular flexibility index (Phi) is 8.90. The maximum Gasteiger partial charge on any atom is 0.251 e. The maximum atomic E-state index is 13.2. The summed E-state index contributed by atoms with van der Waals surface area (Å²) < 4.78 is 5.22. The number of H-pyrrole nitrogens is 1. The lowest BCUT2D eigenvalue weighted by atomic mass is 9.89. The van der Waals surface area contributed by atoms with Crippen LogP contribution in [-0.2, 0) is 6.54 Å². The molecule has 0 radical (unpaired) electrons. The number of ether oxygens (including phenoxy) is 1. The first-order valence-electron chi connectivity index (χ1n) is 11.6. The van der Waals surface area contributed by atoms with Crippen molar-refractivity contribution in [2.75, 3.05) is 32.6 Å². The SMILES string of the molecule is CCN(c1cc(Cl)cc(C(=O)NCc2c(OC)[nH]c(Cl)cc2=O)c1C)C1CCC(N(C)C)CC1. The van der Waals surface area contributed by atoms with Gasteiger partial charge in [-0.3, -0.25) is 9.59 Å². The average Bonchev–Trinajstić information content (AvgIpc) is 2.80. The molecule has 0 atom stereocenters. The van der Waals surface area contributed by atoms with Gasteiger partial charge in [-0.05, 0) is 71.3 Å². The number of aromatic nitrogens is 1. The highest BCUT2D eigenvalue weighted by molar-refractivity contribution is 6.31. The van der Waals surface area contributed by atoms with E-state index in [9.17, 15) is 9.59 Å². The van der Waals surface area contributed by atoms with E-state index in [2.05, 4.69) is 41.1 Å². The number of anilines is 1. The molecule has 0 unspecified atom stereocenters. The molecule has 1 aromatic carbocycles. The summed E-state index contributed by atoms with van der Waals surface area (Å²) in [6, 6.07) is 5.91. The second-order valence-corrected chi connectivity index (χ2v) is 9.83. The van der Waals surface area contributed by atoms with Gasteiger partial charge in [0.15, 0.2) is 5.43 Å². The fourth-order valence-corrected chi connectivity index (χ4v) is 5.25. The monoisotopic (exact) mass is 508 g/mol. The minimum Gasteiger partial charge on any atom is -0.482 e. The van der Waals surface area contributed by atoms with E-state index in [-0.39, 0.29) is 28.9 Å². The van der Waals surface area contributed by atoms with Gasteiger partial charge in [-0.15, -0.1) is 0 Å². The third kappa shape index (κ3) is 5.88. The minimum absolute atomic E-state index is 0.00182. The van der Waals surface area contributed by atoms with Crippen molar-refractivity contribution in [2.24, 2.45) is 0 Å². The van der Waals surface area contributed by atoms with Crippen molar-refractivity contribution in [3.05, 3.63) is 55.3 Å². The van der Waals surface area contributed by atoms with Gasteiger partial charge in [0.2, 0.25) is 5.88 Å². The van der Waals surface area contributed by atoms with Gasteiger partial charge >= 0.3 is 0 Å². The van der Waals surface area contributed by atoms with Crippen LogP contribution in [0.1, 0.15) is 54.1 Å². The van der Waals surface area contributed by atoms with E-state index < -0.39 is 0 Å². The number of methoxy groups -OCH3 is 1. The summed E-state index contributed by atoms with van der Waals surface area (Å²) in [7, 11) is 5.72. The predicted octanol–water partition coefficient (Wildman–Crippen LogP) is 4.63. The van der Waals surface area contributed by atoms with Crippen LogP contribution in [0, 0.1) is 6.92 Å². The van der Waals surface area contributed by atoms with Crippen LogP contribution in [-0.4, -0.2) is 55.6 Å². The molecule has 186 valence electrons. The molecule has 0 bridgehead atoms. The fourth-order valence-electron chi connectivity index (χ4n) is 4.85. The number of rotatable bonds is 8. The molecule has 3 rings (SSSR count). The number of aromatic amines is 1. The van der Waals surface area contributed by atoms with Crippen LogP contribution in [0.4, 0.5) is 5.69 Å². The summed E-state index contributed by atoms with van der Waals surface area (Å²) in [5, 5.41) is 3.52. The quantitative estimate of drug-likeness (QED) is 0.508. The first kappa shape index (κ1) is 26.4. The molecule has 1 aliphatic carbocycles. The molecule has 2 aromatic rings. The zero-order chi connectivity index (χ0) is 25.0. The number of amides is 1. The molecule has 34 heavy (non-hydrogen) atoms. The van der Waals surface area contributed by atoms with Crippen LogP contribution in [0.3, 0.4) is 0 Å². The van der Waals surface area contributed by atoms with E-state index in [1.54, 1.807) is 6.07 Å². The number of pyridine rings is 1. The Morgan fingerprint density at radius 1 is 1.15 bits per heavy atom. The topological polar surface area (TPSA) is 77.7 Å². The van der Waals surface area contributed by atoms with Crippen LogP contribution in [0.2, 0.25) is 10.2 Å². The van der Waals surface area contributed by atoms with Crippen LogP contribution in [0.15, 0.2) is 23.0 Å². The summed E-state index contributed by atoms with van der Waals surface area (Å²) >= 11 is 12.4. The summed E-state index contributed by atoms with van der Waals surface area (Å²) in [4.78, 5) is 33.0. The molecule has 1 amide bonds. The summed E-state index contributed by atoms with van der Waals surface area (Å²) in [6.07, 6.45) is 4.50. The number of nitrogens with zero attached hydrogens (tertiary/aromatic N) is 2. The van der Waals surface area contributed by atoms with Gasteiger partial charge < -0.3 is 24.8 Å². The first-order valence-corrected chi connectivity index (χ1v) is 12.4. The second kappa shape index (κ2) is 11.5. The number of halogens is 2. The van der Waals surface area contributed by atoms with Crippen molar-refractivity contribution in [1.29, 1.82) is 0 Å². The van der Waals surface area contributed by atoms with Crippen molar-refractivity contribution in [3.8, 4) is 5.88 Å². The van der Waals surface area contributed by atoms with E-state index in [0.717, 1.165) is 43.5 Å². The van der Waals surface area contributed by atoms with Gasteiger partial charge in [0.25, 0.3) is 5.91 Å². The highest BCUT2D eigenvalue weighted by atomic mass is 35.5. The molecule has 1 heterocycles. The van der Waals surface area contributed by atoms with E-state index >= 15 is 0 Å². The number of hydrogen-bond donors (Lipinski definition) is 2. The van der Waals surface area contributed by atoms with E-state index in [4.69, 9.17) is 27.9 Å². The van der Waals surface area contributed by atoms with Gasteiger partial charge in [0, 0.05) is 41.0 Å². The predicted molar refractivity (Wildman–Crippen MR) is 139 cm³/mol. The third-order valence-corrected chi connectivity index (χ3v) is 7.19. The first-order chi connectivity index (χ1) is 16.2. The largest absolute Gasteiger partial charge is 0.482 e. The van der Waals surface area contributed by atoms with Crippen molar-refractivity contribution in [3.63, 3.8) is 0 Å². The van der Waals surface area contributed by atoms with Crippen LogP contribution >= 0.6 is 23.2 Å². The normalized spacial score (nSPS) is 18.1. The van der Waals surface area contributed by atoms with Gasteiger partial charge in [-0.2, -0.15) is 0 Å². The summed E-state index contributed by atoms with van der Waals surface area (Å²) in [6.45, 7) is 4.92. The lowest BCUT2D eigenvalue weighted by molar-refractivity contribution is 0.0950. The Hall–Kier alpha value is -2.22. The van der Waals surface area contributed by atoms with Crippen molar-refractivity contribution in [2.45, 2.75) is 58.2 Å². The van der Waals surface area contributed by atoms with Crippen LogP contribution < -0.4 is 20.4 Å². The number of carbonyl (C=O) groups excluding carboxylic acids is 1. The van der Waals surface area contributed by atoms with Gasteiger partial charge in [-0.1, -0.05) is 23.2 Å². The highest BCUT2D eigenvalue weighted by Crippen LogP contribution is 2.34. The molecule has 2 N–H and O–H groups in total.